The first-order valence-corrected chi connectivity index (χ1v) is 35.1. The molecule has 6 aromatic rings. The second kappa shape index (κ2) is 33.3. The molecule has 37 heteroatoms. The van der Waals surface area contributed by atoms with E-state index < -0.39 is 254 Å². The quantitative estimate of drug-likeness (QED) is 0.0697. The molecule has 0 aromatic heterocycles. The van der Waals surface area contributed by atoms with E-state index in [1.165, 1.54) is 13.8 Å². The molecule has 18 atom stereocenters. The van der Waals surface area contributed by atoms with Crippen LogP contribution in [0.3, 0.4) is 0 Å². The number of hydrogen-bond acceptors (Lipinski definition) is 26. The van der Waals surface area contributed by atoms with E-state index in [9.17, 15) is 75.0 Å². The number of benzene rings is 6. The molecule has 7 heterocycles. The van der Waals surface area contributed by atoms with Crippen LogP contribution in [0.1, 0.15) is 111 Å². The summed E-state index contributed by atoms with van der Waals surface area (Å²) in [6, 6.07) is 6.55. The number of halogens is 2. The topological polar surface area (TPSA) is 557 Å². The molecule has 2 fully saturated rings. The number of carbonyl (C=O) groups is 9. The van der Waals surface area contributed by atoms with E-state index in [0.717, 1.165) is 78.9 Å². The van der Waals surface area contributed by atoms with Crippen molar-refractivity contribution < 1.29 is 127 Å². The molecule has 35 nitrogen and oxygen atoms in total. The molecule has 2 unspecified atom stereocenters. The Morgan fingerprint density at radius 2 is 1.31 bits per heavy atom. The minimum Gasteiger partial charge on any atom is -0.508 e. The molecule has 110 heavy (non-hydrogen) atoms. The average Bonchev–Trinajstić information content (AvgIpc) is 0.764. The lowest BCUT2D eigenvalue weighted by Crippen LogP contribution is -2.64. The number of nitrogens with two attached hydrogens (primary N) is 2. The monoisotopic (exact) mass is 1570 g/mol. The Balaban J connectivity index is 1.12. The number of phenols is 3. The molecule has 0 spiro atoms. The number of primary amides is 1. The molecule has 2 saturated heterocycles. The Kier molecular flexibility index (Phi) is 24.3. The third-order valence-electron chi connectivity index (χ3n) is 18.9. The van der Waals surface area contributed by atoms with E-state index in [1.807, 2.05) is 0 Å². The molecule has 21 N–H and O–H groups in total. The van der Waals surface area contributed by atoms with Crippen LogP contribution in [-0.4, -0.2) is 190 Å². The Morgan fingerprint density at radius 3 is 1.92 bits per heavy atom. The summed E-state index contributed by atoms with van der Waals surface area (Å²) in [7, 11) is 0. The molecule has 0 saturated carbocycles. The lowest BCUT2D eigenvalue weighted by Gasteiger charge is -2.47. The number of carboxylic acid groups (broad SMARTS) is 1. The third-order valence-corrected chi connectivity index (χ3v) is 19.5. The summed E-state index contributed by atoms with van der Waals surface area (Å²) in [6.07, 6.45) is -20.4. The zero-order chi connectivity index (χ0) is 79.6. The van der Waals surface area contributed by atoms with Gasteiger partial charge in [0.2, 0.25) is 53.4 Å². The number of hydrogen-bond donors (Lipinski definition) is 19. The Hall–Kier alpha value is -10.7. The number of aliphatic hydroxyl groups is 6. The predicted molar refractivity (Wildman–Crippen MR) is 380 cm³/mol. The van der Waals surface area contributed by atoms with Gasteiger partial charge in [0.25, 0.3) is 0 Å². The van der Waals surface area contributed by atoms with E-state index in [-0.39, 0.29) is 42.1 Å². The summed E-state index contributed by atoms with van der Waals surface area (Å²) >= 11 is 14.2. The summed E-state index contributed by atoms with van der Waals surface area (Å²) in [5.74, 6) is -17.1. The van der Waals surface area contributed by atoms with Gasteiger partial charge in [-0.15, -0.1) is 0 Å². The number of aliphatic carboxylic acids is 1. The van der Waals surface area contributed by atoms with E-state index >= 15 is 19.2 Å². The van der Waals surface area contributed by atoms with Gasteiger partial charge in [0.05, 0.1) is 35.3 Å². The minimum atomic E-state index is -2.40. The summed E-state index contributed by atoms with van der Waals surface area (Å²) in [5.41, 5.74) is 8.40. The van der Waals surface area contributed by atoms with Gasteiger partial charge in [0.15, 0.2) is 29.9 Å². The highest BCUT2D eigenvalue weighted by Gasteiger charge is 2.52. The number of ether oxygens (including phenoxy) is 7. The van der Waals surface area contributed by atoms with Gasteiger partial charge in [-0.3, -0.25) is 33.6 Å². The summed E-state index contributed by atoms with van der Waals surface area (Å²) in [5, 5.41) is 131. The number of alkyl carbamates (subject to hydrolysis) is 1. The molecule has 6 aromatic carbocycles. The van der Waals surface area contributed by atoms with Crippen LogP contribution in [0.5, 0.6) is 46.0 Å². The van der Waals surface area contributed by atoms with Crippen molar-refractivity contribution in [2.24, 2.45) is 17.4 Å². The SMILES string of the molecule is CC(C)C[C@H](NC(=O)OCc1ccccc1)C(=O)N[C@H]1C(=O)N[C@@H](CC(N)=O)C(=O)N[C@H]2C(=O)NC3C(=O)N[C@H](C(=O)N[C@H](C(=O)O)c4cc(O)cc(O)c4-c4cc3ccc4O)[C@H](O)c3ccc(c(Cl)c3)Oc3cc2cc(c3OC2O[C@H](CO)[C@@H](O)[C@H](O)[C@H]2O[C@H]2C[C@](C)(N)[C@H](O)[C@H](C)O2)Oc2ccc(cc2Cl)[C@H]1O. The van der Waals surface area contributed by atoms with Crippen molar-refractivity contribution in [3.63, 3.8) is 0 Å². The maximum absolute atomic E-state index is 16.1. The summed E-state index contributed by atoms with van der Waals surface area (Å²) in [4.78, 5) is 132. The average molecular weight is 1570 g/mol. The molecule has 7 aliphatic heterocycles. The normalized spacial score (nSPS) is 27.9. The second-order valence-corrected chi connectivity index (χ2v) is 28.4. The number of rotatable bonds is 15. The third kappa shape index (κ3) is 17.6. The molecular weight excluding hydrogens is 1490 g/mol. The summed E-state index contributed by atoms with van der Waals surface area (Å²) in [6.45, 7) is 5.16. The molecule has 586 valence electrons. The van der Waals surface area contributed by atoms with Gasteiger partial charge in [-0.1, -0.05) is 85.6 Å². The van der Waals surface area contributed by atoms with Crippen molar-refractivity contribution >= 4 is 76.6 Å². The van der Waals surface area contributed by atoms with Gasteiger partial charge in [0.1, 0.15) is 102 Å². The maximum Gasteiger partial charge on any atom is 0.408 e. The largest absolute Gasteiger partial charge is 0.508 e. The fourth-order valence-electron chi connectivity index (χ4n) is 13.3. The van der Waals surface area contributed by atoms with Crippen LogP contribution in [0.2, 0.25) is 10.0 Å². The van der Waals surface area contributed by atoms with Crippen LogP contribution >= 0.6 is 23.2 Å². The standard InChI is InChI=1S/C73H79Cl2N9O26/c1-28(2)16-40(79-72(103)104-27-30-8-6-5-7-9-30)64(95)83-55-57(90)32-11-14-44(38(74)18-32)106-46-20-34-21-47(61(46)110-71-62(60(93)59(92)48(26-85)108-71)109-50-25-73(4,77)63(94)29(3)105-50)107-45-15-12-33(19-39(45)75)58(91)56-69(100)82-54(70(101)102)37-22-35(86)23-43(88)51(37)36-17-31(10-13-42(36)87)52(66(97)84-56)81-67(98)53(34)80-65(96)41(24-49(76)89)78-68(55)99/h5-15,17-23,28-29,40-41,48,50,52-60,62-63,71,85-88,90-94H,16,24-27,77H2,1-4H3,(H2,76,89)(H,78,99)(H,79,103)(H,80,96)(H,81,98)(H,82,100)(H,83,95)(H,84,97)(H,101,102)/t29-,40-,41-,48+,50-,52?,53+,54-,55+,56-,57+,58+,59+,60-,62+,63+,71?,73-/m0/s1. The minimum absolute atomic E-state index is 0.106. The van der Waals surface area contributed by atoms with Crippen LogP contribution in [0, 0.1) is 5.92 Å². The Labute approximate surface area is 635 Å². The number of amides is 8. The highest BCUT2D eigenvalue weighted by Crippen LogP contribution is 2.50. The molecule has 0 radical (unpaired) electrons. The van der Waals surface area contributed by atoms with Gasteiger partial charge in [-0.25, -0.2) is 9.59 Å². The van der Waals surface area contributed by atoms with E-state index in [1.54, 1.807) is 44.2 Å². The number of aliphatic hydroxyl groups excluding tert-OH is 6. The zero-order valence-electron chi connectivity index (χ0n) is 58.7. The molecular formula is C73H79Cl2N9O26. The van der Waals surface area contributed by atoms with Crippen LogP contribution < -0.4 is 62.9 Å². The Morgan fingerprint density at radius 1 is 0.691 bits per heavy atom. The Bertz CT molecular complexity index is 4560. The number of aromatic hydroxyl groups is 3. The van der Waals surface area contributed by atoms with Crippen molar-refractivity contribution in [3.05, 3.63) is 153 Å². The number of nitrogens with one attached hydrogen (secondary N) is 7. The fourth-order valence-corrected chi connectivity index (χ4v) is 13.7. The number of fused-ring (bicyclic) bond motifs is 15. The van der Waals surface area contributed by atoms with Crippen LogP contribution in [-0.2, 0) is 63.9 Å². The highest BCUT2D eigenvalue weighted by molar-refractivity contribution is 6.32. The predicted octanol–water partition coefficient (Wildman–Crippen LogP) is 1.81. The molecule has 8 amide bonds. The molecule has 7 aliphatic rings. The fraction of sp³-hybridized carbons (Fsp3) is 0.384. The van der Waals surface area contributed by atoms with Crippen molar-refractivity contribution in [1.29, 1.82) is 0 Å². The number of carboxylic acids is 1. The first-order valence-electron chi connectivity index (χ1n) is 34.3. The molecule has 0 aliphatic carbocycles. The highest BCUT2D eigenvalue weighted by atomic mass is 35.5. The van der Waals surface area contributed by atoms with Gasteiger partial charge in [0, 0.05) is 34.7 Å². The van der Waals surface area contributed by atoms with Crippen LogP contribution in [0.4, 0.5) is 4.79 Å². The first kappa shape index (κ1) is 80.3. The molecule has 11 bridgehead atoms. The lowest BCUT2D eigenvalue weighted by molar-refractivity contribution is -0.333. The smallest absolute Gasteiger partial charge is 0.408 e. The van der Waals surface area contributed by atoms with Gasteiger partial charge in [-0.05, 0) is 109 Å². The van der Waals surface area contributed by atoms with Crippen LogP contribution in [0.15, 0.2) is 109 Å². The second-order valence-electron chi connectivity index (χ2n) is 27.6. The van der Waals surface area contributed by atoms with E-state index in [4.69, 9.17) is 67.8 Å². The van der Waals surface area contributed by atoms with E-state index in [2.05, 4.69) is 37.2 Å². The van der Waals surface area contributed by atoms with Crippen LogP contribution in [0.25, 0.3) is 11.1 Å². The van der Waals surface area contributed by atoms with Crippen molar-refractivity contribution in [1.82, 2.24) is 37.2 Å². The van der Waals surface area contributed by atoms with Crippen molar-refractivity contribution in [2.75, 3.05) is 6.61 Å². The van der Waals surface area contributed by atoms with Gasteiger partial charge in [-0.2, -0.15) is 0 Å². The van der Waals surface area contributed by atoms with E-state index in [0.29, 0.717) is 5.56 Å². The van der Waals surface area contributed by atoms with Gasteiger partial charge >= 0.3 is 12.1 Å². The van der Waals surface area contributed by atoms with Crippen molar-refractivity contribution in [3.8, 4) is 57.1 Å². The summed E-state index contributed by atoms with van der Waals surface area (Å²) < 4.78 is 43.8. The first-order chi connectivity index (χ1) is 52.1. The maximum atomic E-state index is 16.1. The molecule has 13 rings (SSSR count). The lowest BCUT2D eigenvalue weighted by atomic mass is 9.86. The van der Waals surface area contributed by atoms with Gasteiger partial charge < -0.3 is 133 Å². The number of carbonyl (C=O) groups excluding carboxylic acids is 8. The zero-order valence-corrected chi connectivity index (χ0v) is 60.2. The number of phenolic OH excluding ortho intramolecular Hbond substituents is 3. The van der Waals surface area contributed by atoms with Crippen molar-refractivity contribution in [2.45, 2.75) is 163 Å².